The fourth-order valence-corrected chi connectivity index (χ4v) is 3.85. The van der Waals surface area contributed by atoms with Gasteiger partial charge in [0.25, 0.3) is 0 Å². The number of ether oxygens (including phenoxy) is 1. The molecule has 0 amide bonds. The largest absolute Gasteiger partial charge is 0.481 e. The molecule has 0 radical (unpaired) electrons. The summed E-state index contributed by atoms with van der Waals surface area (Å²) in [6, 6.07) is 16.8. The highest BCUT2D eigenvalue weighted by Crippen LogP contribution is 2.33. The van der Waals surface area contributed by atoms with Gasteiger partial charge in [0, 0.05) is 5.56 Å². The second-order valence-electron chi connectivity index (χ2n) is 8.20. The average Bonchev–Trinajstić information content (AvgIpc) is 2.77. The summed E-state index contributed by atoms with van der Waals surface area (Å²) < 4.78 is 5.77. The van der Waals surface area contributed by atoms with Crippen molar-refractivity contribution in [1.82, 2.24) is 0 Å². The molecule has 2 aromatic carbocycles. The van der Waals surface area contributed by atoms with Gasteiger partial charge in [0.1, 0.15) is 18.6 Å². The number of hydrogen-bond donors (Lipinski definition) is 2. The molecule has 3 N–H and O–H groups in total. The molecule has 2 atom stereocenters. The van der Waals surface area contributed by atoms with E-state index in [2.05, 4.69) is 48.2 Å². The van der Waals surface area contributed by atoms with Crippen molar-refractivity contribution in [1.29, 1.82) is 0 Å². The van der Waals surface area contributed by atoms with Crippen LogP contribution in [0, 0.1) is 17.8 Å². The van der Waals surface area contributed by atoms with E-state index in [1.54, 1.807) is 0 Å². The van der Waals surface area contributed by atoms with Crippen LogP contribution in [0.2, 0.25) is 0 Å². The molecule has 1 unspecified atom stereocenters. The highest BCUT2D eigenvalue weighted by atomic mass is 16.5. The Morgan fingerprint density at radius 3 is 2.38 bits per heavy atom. The van der Waals surface area contributed by atoms with Crippen molar-refractivity contribution < 1.29 is 9.84 Å². The lowest BCUT2D eigenvalue weighted by atomic mass is 9.84. The molecule has 0 heterocycles. The first-order valence-electron chi connectivity index (χ1n) is 10.9. The second kappa shape index (κ2) is 11.0. The molecule has 0 bridgehead atoms. The van der Waals surface area contributed by atoms with E-state index in [9.17, 15) is 5.11 Å². The van der Waals surface area contributed by atoms with E-state index < -0.39 is 6.23 Å². The third-order valence-electron chi connectivity index (χ3n) is 5.93. The third kappa shape index (κ3) is 6.92. The fraction of sp³-hybridized carbons (Fsp3) is 0.462. The van der Waals surface area contributed by atoms with E-state index in [1.165, 1.54) is 43.2 Å². The topological polar surface area (TPSA) is 55.5 Å². The molecule has 3 nitrogen and oxygen atoms in total. The quantitative estimate of drug-likeness (QED) is 0.515. The molecule has 29 heavy (non-hydrogen) atoms. The zero-order valence-corrected chi connectivity index (χ0v) is 17.4. The maximum absolute atomic E-state index is 9.37. The molecule has 1 aliphatic carbocycles. The Kier molecular flexibility index (Phi) is 8.16. The Bertz CT molecular complexity index is 793. The number of hydrogen-bond acceptors (Lipinski definition) is 3. The fourth-order valence-electron chi connectivity index (χ4n) is 3.85. The summed E-state index contributed by atoms with van der Waals surface area (Å²) in [5.74, 6) is 7.95. The smallest absolute Gasteiger partial charge is 0.149 e. The lowest BCUT2D eigenvalue weighted by Gasteiger charge is -2.22. The monoisotopic (exact) mass is 391 g/mol. The van der Waals surface area contributed by atoms with Gasteiger partial charge >= 0.3 is 0 Å². The van der Waals surface area contributed by atoms with Crippen molar-refractivity contribution >= 4 is 0 Å². The minimum atomic E-state index is -0.747. The molecule has 2 aromatic rings. The van der Waals surface area contributed by atoms with Crippen molar-refractivity contribution in [3.05, 3.63) is 65.2 Å². The Morgan fingerprint density at radius 1 is 1.03 bits per heavy atom. The van der Waals surface area contributed by atoms with E-state index in [0.29, 0.717) is 6.61 Å². The van der Waals surface area contributed by atoms with Crippen LogP contribution in [-0.2, 0) is 6.42 Å². The summed E-state index contributed by atoms with van der Waals surface area (Å²) in [4.78, 5) is 0. The minimum Gasteiger partial charge on any atom is -0.481 e. The summed E-state index contributed by atoms with van der Waals surface area (Å²) in [7, 11) is 0. The number of aliphatic hydroxyl groups excluding tert-OH is 1. The molecule has 1 fully saturated rings. The summed E-state index contributed by atoms with van der Waals surface area (Å²) in [5.41, 5.74) is 9.16. The zero-order chi connectivity index (χ0) is 20.5. The first-order valence-corrected chi connectivity index (χ1v) is 10.9. The van der Waals surface area contributed by atoms with Crippen molar-refractivity contribution in [2.45, 2.75) is 64.0 Å². The normalized spacial score (nSPS) is 16.5. The maximum Gasteiger partial charge on any atom is 0.149 e. The number of aliphatic hydroxyl groups is 1. The van der Waals surface area contributed by atoms with Crippen LogP contribution in [0.3, 0.4) is 0 Å². The van der Waals surface area contributed by atoms with E-state index in [1.807, 2.05) is 19.1 Å². The number of nitrogens with two attached hydrogens (primary N) is 1. The van der Waals surface area contributed by atoms with Crippen molar-refractivity contribution in [3.8, 4) is 17.6 Å². The first-order chi connectivity index (χ1) is 14.1. The first kappa shape index (κ1) is 21.4. The van der Waals surface area contributed by atoms with Gasteiger partial charge in [0.05, 0.1) is 0 Å². The molecular formula is C26H33NO2. The van der Waals surface area contributed by atoms with E-state index >= 15 is 0 Å². The van der Waals surface area contributed by atoms with Gasteiger partial charge in [-0.1, -0.05) is 62.3 Å². The van der Waals surface area contributed by atoms with Gasteiger partial charge in [-0.05, 0) is 72.9 Å². The van der Waals surface area contributed by atoms with Crippen LogP contribution in [0.1, 0.15) is 68.1 Å². The van der Waals surface area contributed by atoms with Gasteiger partial charge in [0.15, 0.2) is 0 Å². The molecule has 0 spiro atoms. The van der Waals surface area contributed by atoms with Gasteiger partial charge in [-0.2, -0.15) is 0 Å². The van der Waals surface area contributed by atoms with Gasteiger partial charge in [0.2, 0.25) is 0 Å². The van der Waals surface area contributed by atoms with Crippen LogP contribution in [0.15, 0.2) is 48.5 Å². The SMILES string of the molecule is C[C@H](CCc1ccc(C#CCOc2ccc(C3CCCCC3)cc2)cc1)C(N)O. The molecule has 0 aromatic heterocycles. The molecule has 0 saturated heterocycles. The van der Waals surface area contributed by atoms with Crippen LogP contribution in [0.4, 0.5) is 0 Å². The van der Waals surface area contributed by atoms with Gasteiger partial charge in [-0.25, -0.2) is 0 Å². The number of aryl methyl sites for hydroxylation is 1. The molecular weight excluding hydrogens is 358 g/mol. The summed E-state index contributed by atoms with van der Waals surface area (Å²) in [5, 5.41) is 9.37. The maximum atomic E-state index is 9.37. The van der Waals surface area contributed by atoms with E-state index in [4.69, 9.17) is 10.5 Å². The molecule has 3 heteroatoms. The van der Waals surface area contributed by atoms with Crippen LogP contribution in [0.25, 0.3) is 0 Å². The highest BCUT2D eigenvalue weighted by molar-refractivity contribution is 5.36. The van der Waals surface area contributed by atoms with E-state index in [0.717, 1.165) is 30.1 Å². The summed E-state index contributed by atoms with van der Waals surface area (Å²) in [6.45, 7) is 2.35. The molecule has 1 aliphatic rings. The van der Waals surface area contributed by atoms with Crippen molar-refractivity contribution in [2.24, 2.45) is 11.7 Å². The Hall–Kier alpha value is -2.28. The van der Waals surface area contributed by atoms with Gasteiger partial charge in [-0.3, -0.25) is 0 Å². The third-order valence-corrected chi connectivity index (χ3v) is 5.93. The lowest BCUT2D eigenvalue weighted by Crippen LogP contribution is -2.27. The van der Waals surface area contributed by atoms with Gasteiger partial charge in [-0.15, -0.1) is 0 Å². The van der Waals surface area contributed by atoms with E-state index in [-0.39, 0.29) is 5.92 Å². The van der Waals surface area contributed by atoms with Gasteiger partial charge < -0.3 is 15.6 Å². The van der Waals surface area contributed by atoms with Crippen molar-refractivity contribution in [3.63, 3.8) is 0 Å². The van der Waals surface area contributed by atoms with Crippen LogP contribution in [-0.4, -0.2) is 17.9 Å². The molecule has 0 aliphatic heterocycles. The van der Waals surface area contributed by atoms with Crippen molar-refractivity contribution in [2.75, 3.05) is 6.61 Å². The zero-order valence-electron chi connectivity index (χ0n) is 17.4. The minimum absolute atomic E-state index is 0.100. The number of rotatable bonds is 7. The summed E-state index contributed by atoms with van der Waals surface area (Å²) in [6.07, 6.45) is 7.76. The lowest BCUT2D eigenvalue weighted by molar-refractivity contribution is 0.118. The molecule has 1 saturated carbocycles. The predicted octanol–water partition coefficient (Wildman–Crippen LogP) is 5.01. The predicted molar refractivity (Wildman–Crippen MR) is 119 cm³/mol. The average molecular weight is 392 g/mol. The van der Waals surface area contributed by atoms with Crippen LogP contribution < -0.4 is 10.5 Å². The highest BCUT2D eigenvalue weighted by Gasteiger charge is 2.15. The van der Waals surface area contributed by atoms with Crippen LogP contribution in [0.5, 0.6) is 5.75 Å². The Morgan fingerprint density at radius 2 is 1.72 bits per heavy atom. The second-order valence-corrected chi connectivity index (χ2v) is 8.20. The Labute approximate surface area is 175 Å². The molecule has 3 rings (SSSR count). The molecule has 154 valence electrons. The summed E-state index contributed by atoms with van der Waals surface area (Å²) >= 11 is 0. The standard InChI is InChI=1S/C26H33NO2/c1-20(26(27)28)9-10-22-13-11-21(12-14-22)6-5-19-29-25-17-15-24(16-18-25)23-7-3-2-4-8-23/h11-18,20,23,26,28H,2-4,7-10,19,27H2,1H3/t20-,26?/m1/s1. The van der Waals surface area contributed by atoms with Crippen LogP contribution >= 0.6 is 0 Å². The Balaban J connectivity index is 1.43. The number of benzene rings is 2.